The molecule has 1 heterocycles. The van der Waals surface area contributed by atoms with Gasteiger partial charge in [0, 0.05) is 13.0 Å². The molecule has 0 radical (unpaired) electrons. The van der Waals surface area contributed by atoms with E-state index in [1.54, 1.807) is 18.2 Å². The van der Waals surface area contributed by atoms with Crippen LogP contribution < -0.4 is 10.1 Å². The van der Waals surface area contributed by atoms with Crippen LogP contribution in [0.1, 0.15) is 40.2 Å². The summed E-state index contributed by atoms with van der Waals surface area (Å²) in [5, 5.41) is 11.9. The smallest absolute Gasteiger partial charge is 0.335 e. The van der Waals surface area contributed by atoms with E-state index in [0.717, 1.165) is 23.3 Å². The molecule has 0 spiro atoms. The molecule has 0 bridgehead atoms. The highest BCUT2D eigenvalue weighted by molar-refractivity contribution is 5.87. The Hall–Kier alpha value is -2.82. The zero-order chi connectivity index (χ0) is 16.9. The first-order chi connectivity index (χ1) is 11.6. The fraction of sp³-hybridized carbons (Fsp3) is 0.263. The van der Waals surface area contributed by atoms with Crippen molar-refractivity contribution in [2.75, 3.05) is 6.61 Å². The molecule has 0 saturated carbocycles. The number of nitrogens with one attached hydrogen (secondary N) is 1. The maximum absolute atomic E-state index is 12.2. The number of rotatable bonds is 5. The number of ether oxygens (including phenoxy) is 1. The topological polar surface area (TPSA) is 75.6 Å². The average molecular weight is 325 g/mol. The van der Waals surface area contributed by atoms with Gasteiger partial charge < -0.3 is 15.2 Å². The Kier molecular flexibility index (Phi) is 4.79. The van der Waals surface area contributed by atoms with Crippen molar-refractivity contribution in [2.24, 2.45) is 0 Å². The predicted octanol–water partition coefficient (Wildman–Crippen LogP) is 2.96. The first kappa shape index (κ1) is 16.1. The number of hydrogen-bond acceptors (Lipinski definition) is 3. The number of carbonyl (C=O) groups is 2. The third-order valence-corrected chi connectivity index (χ3v) is 4.18. The van der Waals surface area contributed by atoms with E-state index in [0.29, 0.717) is 19.6 Å². The first-order valence-corrected chi connectivity index (χ1v) is 7.94. The molecule has 124 valence electrons. The quantitative estimate of drug-likeness (QED) is 0.886. The molecule has 0 aliphatic carbocycles. The zero-order valence-corrected chi connectivity index (χ0v) is 13.2. The summed E-state index contributed by atoms with van der Waals surface area (Å²) in [7, 11) is 0. The fourth-order valence-corrected chi connectivity index (χ4v) is 2.94. The minimum absolute atomic E-state index is 0.0440. The van der Waals surface area contributed by atoms with Crippen molar-refractivity contribution in [3.05, 3.63) is 65.2 Å². The van der Waals surface area contributed by atoms with Crippen LogP contribution in [0.4, 0.5) is 0 Å². The highest BCUT2D eigenvalue weighted by Crippen LogP contribution is 2.35. The number of fused-ring (bicyclic) bond motifs is 1. The summed E-state index contributed by atoms with van der Waals surface area (Å²) >= 11 is 0. The van der Waals surface area contributed by atoms with Crippen LogP contribution in [0.25, 0.3) is 0 Å². The molecule has 1 amide bonds. The van der Waals surface area contributed by atoms with Gasteiger partial charge in [0.15, 0.2) is 0 Å². The van der Waals surface area contributed by atoms with Crippen LogP contribution >= 0.6 is 0 Å². The van der Waals surface area contributed by atoms with Crippen molar-refractivity contribution in [3.8, 4) is 5.75 Å². The summed E-state index contributed by atoms with van der Waals surface area (Å²) < 4.78 is 5.61. The molecular formula is C19H19NO4. The van der Waals surface area contributed by atoms with Gasteiger partial charge in [-0.1, -0.05) is 30.3 Å². The van der Waals surface area contributed by atoms with Crippen molar-refractivity contribution in [3.63, 3.8) is 0 Å². The van der Waals surface area contributed by atoms with Crippen LogP contribution in [0.3, 0.4) is 0 Å². The molecule has 2 aromatic rings. The minimum atomic E-state index is -0.970. The molecule has 0 unspecified atom stereocenters. The van der Waals surface area contributed by atoms with Crippen LogP contribution in [0.2, 0.25) is 0 Å². The van der Waals surface area contributed by atoms with Gasteiger partial charge in [0.2, 0.25) is 5.91 Å². The van der Waals surface area contributed by atoms with Gasteiger partial charge in [-0.3, -0.25) is 4.79 Å². The number of carboxylic acid groups (broad SMARTS) is 1. The van der Waals surface area contributed by atoms with Crippen LogP contribution in [-0.2, 0) is 11.3 Å². The fourth-order valence-electron chi connectivity index (χ4n) is 2.94. The van der Waals surface area contributed by atoms with Crippen molar-refractivity contribution >= 4 is 11.9 Å². The standard InChI is InChI=1S/C19H19NO4/c21-18(20-12-13-4-3-5-15(10-13)19(22)23)11-14-8-9-24-17-7-2-1-6-16(14)17/h1-7,10,14H,8-9,11-12H2,(H,20,21)(H,22,23)/t14-/m0/s1. The second kappa shape index (κ2) is 7.17. The molecule has 0 saturated heterocycles. The Morgan fingerprint density at radius 1 is 1.17 bits per heavy atom. The van der Waals surface area contributed by atoms with E-state index in [4.69, 9.17) is 9.84 Å². The molecule has 24 heavy (non-hydrogen) atoms. The number of carboxylic acids is 1. The number of benzene rings is 2. The molecule has 0 fully saturated rings. The van der Waals surface area contributed by atoms with Crippen molar-refractivity contribution in [1.82, 2.24) is 5.32 Å². The van der Waals surface area contributed by atoms with Crippen molar-refractivity contribution in [1.29, 1.82) is 0 Å². The number of aromatic carboxylic acids is 1. The summed E-state index contributed by atoms with van der Waals surface area (Å²) in [4.78, 5) is 23.2. The van der Waals surface area contributed by atoms with Crippen LogP contribution in [0, 0.1) is 0 Å². The molecule has 1 aliphatic rings. The lowest BCUT2D eigenvalue weighted by atomic mass is 9.90. The van der Waals surface area contributed by atoms with Crippen LogP contribution in [-0.4, -0.2) is 23.6 Å². The molecule has 2 N–H and O–H groups in total. The van der Waals surface area contributed by atoms with Gasteiger partial charge in [0.05, 0.1) is 12.2 Å². The average Bonchev–Trinajstić information content (AvgIpc) is 2.60. The van der Waals surface area contributed by atoms with Crippen molar-refractivity contribution in [2.45, 2.75) is 25.3 Å². The van der Waals surface area contributed by atoms with Gasteiger partial charge in [0.25, 0.3) is 0 Å². The third-order valence-electron chi connectivity index (χ3n) is 4.18. The summed E-state index contributed by atoms with van der Waals surface area (Å²) in [5.74, 6) is -0.00423. The van der Waals surface area contributed by atoms with E-state index in [9.17, 15) is 9.59 Å². The highest BCUT2D eigenvalue weighted by atomic mass is 16.5. The Morgan fingerprint density at radius 3 is 2.83 bits per heavy atom. The van der Waals surface area contributed by atoms with Crippen molar-refractivity contribution < 1.29 is 19.4 Å². The Labute approximate surface area is 140 Å². The van der Waals surface area contributed by atoms with Gasteiger partial charge in [0.1, 0.15) is 5.75 Å². The number of carbonyl (C=O) groups excluding carboxylic acids is 1. The van der Waals surface area contributed by atoms with Gasteiger partial charge >= 0.3 is 5.97 Å². The SMILES string of the molecule is O=C(C[C@@H]1CCOc2ccccc21)NCc1cccc(C(=O)O)c1. The van der Waals surface area contributed by atoms with E-state index < -0.39 is 5.97 Å². The monoisotopic (exact) mass is 325 g/mol. The summed E-state index contributed by atoms with van der Waals surface area (Å²) in [6.07, 6.45) is 1.22. The second-order valence-electron chi connectivity index (χ2n) is 5.86. The van der Waals surface area contributed by atoms with Gasteiger partial charge in [-0.25, -0.2) is 4.79 Å². The van der Waals surface area contributed by atoms with Gasteiger partial charge in [-0.2, -0.15) is 0 Å². The summed E-state index contributed by atoms with van der Waals surface area (Å²) in [6.45, 7) is 0.945. The Balaban J connectivity index is 1.59. The molecule has 1 aliphatic heterocycles. The van der Waals surface area contributed by atoms with E-state index in [2.05, 4.69) is 5.32 Å². The zero-order valence-electron chi connectivity index (χ0n) is 13.2. The largest absolute Gasteiger partial charge is 0.493 e. The summed E-state index contributed by atoms with van der Waals surface area (Å²) in [6, 6.07) is 14.4. The normalized spacial score (nSPS) is 15.9. The van der Waals surface area contributed by atoms with Crippen LogP contribution in [0.5, 0.6) is 5.75 Å². The summed E-state index contributed by atoms with van der Waals surface area (Å²) in [5.41, 5.74) is 2.07. The van der Waals surface area contributed by atoms with E-state index in [-0.39, 0.29) is 17.4 Å². The van der Waals surface area contributed by atoms with E-state index in [1.807, 2.05) is 24.3 Å². The highest BCUT2D eigenvalue weighted by Gasteiger charge is 2.23. The third kappa shape index (κ3) is 3.74. The second-order valence-corrected chi connectivity index (χ2v) is 5.86. The molecular weight excluding hydrogens is 306 g/mol. The number of para-hydroxylation sites is 1. The maximum Gasteiger partial charge on any atom is 0.335 e. The van der Waals surface area contributed by atoms with Gasteiger partial charge in [-0.15, -0.1) is 0 Å². The molecule has 2 aromatic carbocycles. The van der Waals surface area contributed by atoms with Gasteiger partial charge in [-0.05, 0) is 41.7 Å². The lowest BCUT2D eigenvalue weighted by molar-refractivity contribution is -0.121. The first-order valence-electron chi connectivity index (χ1n) is 7.94. The maximum atomic E-state index is 12.2. The Bertz CT molecular complexity index is 757. The van der Waals surface area contributed by atoms with E-state index >= 15 is 0 Å². The molecule has 0 aromatic heterocycles. The minimum Gasteiger partial charge on any atom is -0.493 e. The lowest BCUT2D eigenvalue weighted by Gasteiger charge is -2.25. The number of amides is 1. The molecule has 5 heteroatoms. The Morgan fingerprint density at radius 2 is 2.00 bits per heavy atom. The molecule has 3 rings (SSSR count). The molecule has 5 nitrogen and oxygen atoms in total. The lowest BCUT2D eigenvalue weighted by Crippen LogP contribution is -2.26. The predicted molar refractivity (Wildman–Crippen MR) is 89.2 cm³/mol. The van der Waals surface area contributed by atoms with Crippen LogP contribution in [0.15, 0.2) is 48.5 Å². The van der Waals surface area contributed by atoms with E-state index in [1.165, 1.54) is 6.07 Å². The molecule has 1 atom stereocenters. The number of hydrogen-bond donors (Lipinski definition) is 2.